The average Bonchev–Trinajstić information content (AvgIpc) is 3.56. The summed E-state index contributed by atoms with van der Waals surface area (Å²) in [7, 11) is 0. The van der Waals surface area contributed by atoms with Crippen LogP contribution in [0.4, 0.5) is 0 Å². The van der Waals surface area contributed by atoms with E-state index in [1.807, 2.05) is 57.7 Å². The van der Waals surface area contributed by atoms with E-state index in [-0.39, 0.29) is 12.3 Å². The Kier molecular flexibility index (Phi) is 3.54. The number of benzene rings is 3. The van der Waals surface area contributed by atoms with Crippen LogP contribution in [0.25, 0.3) is 43.6 Å². The lowest BCUT2D eigenvalue weighted by molar-refractivity contribution is -0.204. The SMILES string of the molecule is CC(=O)O[C@]1(C(N)=O)C[C@H]2O[C@]1(C)n1c3ccccc3c3c4c(c5c6ccccc6n2c5c31)C(=O)NC4. The molecule has 184 valence electrons. The van der Waals surface area contributed by atoms with Gasteiger partial charge in [0.2, 0.25) is 5.60 Å². The first-order chi connectivity index (χ1) is 17.8. The minimum Gasteiger partial charge on any atom is -0.444 e. The van der Waals surface area contributed by atoms with E-state index in [1.165, 1.54) is 6.92 Å². The molecule has 3 aliphatic heterocycles. The molecule has 9 nitrogen and oxygen atoms in total. The zero-order valence-corrected chi connectivity index (χ0v) is 20.1. The van der Waals surface area contributed by atoms with Crippen LogP contribution in [-0.4, -0.2) is 32.5 Å². The number of carbonyl (C=O) groups is 3. The molecule has 2 bridgehead atoms. The molecule has 8 rings (SSSR count). The third-order valence-electron chi connectivity index (χ3n) is 8.52. The molecule has 0 saturated carbocycles. The minimum atomic E-state index is -1.76. The summed E-state index contributed by atoms with van der Waals surface area (Å²) < 4.78 is 16.7. The van der Waals surface area contributed by atoms with Crippen molar-refractivity contribution in [3.63, 3.8) is 0 Å². The number of para-hydroxylation sites is 2. The molecular formula is C28H22N4O5. The fraction of sp³-hybridized carbons (Fsp3) is 0.250. The van der Waals surface area contributed by atoms with Gasteiger partial charge >= 0.3 is 5.97 Å². The van der Waals surface area contributed by atoms with E-state index in [0.29, 0.717) is 12.1 Å². The van der Waals surface area contributed by atoms with Gasteiger partial charge in [0.25, 0.3) is 11.8 Å². The number of fused-ring (bicyclic) bond motifs is 13. The highest BCUT2D eigenvalue weighted by molar-refractivity contribution is 6.31. The second kappa shape index (κ2) is 6.30. The number of nitrogens with two attached hydrogens (primary N) is 1. The lowest BCUT2D eigenvalue weighted by Gasteiger charge is -2.40. The van der Waals surface area contributed by atoms with Crippen molar-refractivity contribution in [1.29, 1.82) is 0 Å². The van der Waals surface area contributed by atoms with Crippen LogP contribution in [0.2, 0.25) is 0 Å². The van der Waals surface area contributed by atoms with Gasteiger partial charge in [0.05, 0.1) is 27.6 Å². The fourth-order valence-electron chi connectivity index (χ4n) is 7.20. The van der Waals surface area contributed by atoms with Crippen LogP contribution >= 0.6 is 0 Å². The van der Waals surface area contributed by atoms with E-state index in [0.717, 1.165) is 49.2 Å². The third kappa shape index (κ3) is 2.11. The molecule has 2 amide bonds. The average molecular weight is 495 g/mol. The Labute approximate surface area is 209 Å². The first kappa shape index (κ1) is 20.8. The maximum Gasteiger partial charge on any atom is 0.303 e. The third-order valence-corrected chi connectivity index (χ3v) is 8.52. The first-order valence-electron chi connectivity index (χ1n) is 12.2. The van der Waals surface area contributed by atoms with Crippen LogP contribution in [0.1, 0.15) is 42.4 Å². The lowest BCUT2D eigenvalue weighted by Crippen LogP contribution is -2.60. The van der Waals surface area contributed by atoms with E-state index < -0.39 is 29.4 Å². The van der Waals surface area contributed by atoms with Gasteiger partial charge < -0.3 is 29.7 Å². The number of amides is 2. The molecular weight excluding hydrogens is 472 g/mol. The number of nitrogens with zero attached hydrogens (tertiary/aromatic N) is 2. The maximum atomic E-state index is 13.3. The molecule has 0 radical (unpaired) electrons. The van der Waals surface area contributed by atoms with Crippen LogP contribution in [0.5, 0.6) is 0 Å². The van der Waals surface area contributed by atoms with Gasteiger partial charge in [-0.25, -0.2) is 0 Å². The molecule has 5 heterocycles. The Morgan fingerprint density at radius 1 is 1.05 bits per heavy atom. The second-order valence-electron chi connectivity index (χ2n) is 10.3. The van der Waals surface area contributed by atoms with E-state index in [2.05, 4.69) is 5.32 Å². The number of carbonyl (C=O) groups excluding carboxylic acids is 3. The first-order valence-corrected chi connectivity index (χ1v) is 12.2. The smallest absolute Gasteiger partial charge is 0.303 e. The van der Waals surface area contributed by atoms with Crippen molar-refractivity contribution in [3.05, 3.63) is 59.7 Å². The number of hydrogen-bond acceptors (Lipinski definition) is 5. The van der Waals surface area contributed by atoms with Gasteiger partial charge in [0.15, 0.2) is 5.72 Å². The summed E-state index contributed by atoms with van der Waals surface area (Å²) in [5.74, 6) is -1.49. The molecule has 3 aromatic carbocycles. The van der Waals surface area contributed by atoms with Crippen LogP contribution in [0.15, 0.2) is 48.5 Å². The Bertz CT molecular complexity index is 1930. The quantitative estimate of drug-likeness (QED) is 0.364. The monoisotopic (exact) mass is 494 g/mol. The molecule has 9 heteroatoms. The molecule has 0 unspecified atom stereocenters. The molecule has 3 N–H and O–H groups in total. The van der Waals surface area contributed by atoms with Gasteiger partial charge in [-0.1, -0.05) is 36.4 Å². The molecule has 3 aliphatic rings. The predicted octanol–water partition coefficient (Wildman–Crippen LogP) is 3.54. The largest absolute Gasteiger partial charge is 0.444 e. The van der Waals surface area contributed by atoms with Crippen LogP contribution in [-0.2, 0) is 31.3 Å². The molecule has 1 saturated heterocycles. The summed E-state index contributed by atoms with van der Waals surface area (Å²) in [6.45, 7) is 3.43. The number of primary amides is 1. The maximum absolute atomic E-state index is 13.3. The summed E-state index contributed by atoms with van der Waals surface area (Å²) in [6, 6.07) is 15.7. The molecule has 1 fully saturated rings. The van der Waals surface area contributed by atoms with Gasteiger partial charge in [0.1, 0.15) is 6.23 Å². The van der Waals surface area contributed by atoms with E-state index in [9.17, 15) is 14.4 Å². The number of rotatable bonds is 2. The topological polar surface area (TPSA) is 118 Å². The number of nitrogens with one attached hydrogen (secondary N) is 1. The Hall–Kier alpha value is -4.37. The highest BCUT2D eigenvalue weighted by atomic mass is 16.6. The lowest BCUT2D eigenvalue weighted by atomic mass is 9.87. The molecule has 5 aromatic rings. The van der Waals surface area contributed by atoms with Crippen molar-refractivity contribution < 1.29 is 23.9 Å². The van der Waals surface area contributed by atoms with Gasteiger partial charge in [0, 0.05) is 41.4 Å². The number of aromatic nitrogens is 2. The normalized spacial score (nSPS) is 25.8. The van der Waals surface area contributed by atoms with Crippen molar-refractivity contribution in [1.82, 2.24) is 14.5 Å². The number of esters is 1. The Balaban J connectivity index is 1.71. The van der Waals surface area contributed by atoms with E-state index in [4.69, 9.17) is 15.2 Å². The van der Waals surface area contributed by atoms with Gasteiger partial charge in [-0.15, -0.1) is 0 Å². The van der Waals surface area contributed by atoms with Crippen molar-refractivity contribution in [2.75, 3.05) is 0 Å². The summed E-state index contributed by atoms with van der Waals surface area (Å²) in [6.07, 6.45) is -0.647. The zero-order valence-electron chi connectivity index (χ0n) is 20.1. The van der Waals surface area contributed by atoms with E-state index >= 15 is 0 Å². The summed E-state index contributed by atoms with van der Waals surface area (Å²) >= 11 is 0. The summed E-state index contributed by atoms with van der Waals surface area (Å²) in [4.78, 5) is 39.0. The summed E-state index contributed by atoms with van der Waals surface area (Å²) in [5, 5.41) is 6.63. The number of hydrogen-bond donors (Lipinski definition) is 2. The van der Waals surface area contributed by atoms with Crippen molar-refractivity contribution in [3.8, 4) is 0 Å². The van der Waals surface area contributed by atoms with Crippen molar-refractivity contribution in [2.24, 2.45) is 5.73 Å². The van der Waals surface area contributed by atoms with Crippen LogP contribution in [0, 0.1) is 0 Å². The molecule has 0 aliphatic carbocycles. The van der Waals surface area contributed by atoms with Crippen LogP contribution < -0.4 is 11.1 Å². The van der Waals surface area contributed by atoms with E-state index in [1.54, 1.807) is 6.92 Å². The van der Waals surface area contributed by atoms with Gasteiger partial charge in [-0.2, -0.15) is 0 Å². The standard InChI is InChI=1S/C28H22N4O5/c1-13(33)36-28(26(29)35)11-19-31-17-9-5-3-7-14(17)21-22-16(12-30-25(22)34)20-15-8-4-6-10-18(15)32(24(20)23(21)31)27(28,2)37-19/h3-10,19H,11-12H2,1-2H3,(H2,29,35)(H,30,34)/t19-,27+,28+/m1/s1. The zero-order chi connectivity index (χ0) is 25.4. The molecule has 0 spiro atoms. The minimum absolute atomic E-state index is 0.0307. The Morgan fingerprint density at radius 3 is 2.43 bits per heavy atom. The fourth-order valence-corrected chi connectivity index (χ4v) is 7.20. The van der Waals surface area contributed by atoms with Gasteiger partial charge in [-0.05, 0) is 24.6 Å². The number of ether oxygens (including phenoxy) is 2. The van der Waals surface area contributed by atoms with Crippen molar-refractivity contribution in [2.45, 2.75) is 44.4 Å². The molecule has 37 heavy (non-hydrogen) atoms. The Morgan fingerprint density at radius 2 is 1.73 bits per heavy atom. The van der Waals surface area contributed by atoms with Gasteiger partial charge in [-0.3, -0.25) is 14.4 Å². The second-order valence-corrected chi connectivity index (χ2v) is 10.3. The molecule has 2 aromatic heterocycles. The highest BCUT2D eigenvalue weighted by Crippen LogP contribution is 2.58. The predicted molar refractivity (Wildman–Crippen MR) is 136 cm³/mol. The highest BCUT2D eigenvalue weighted by Gasteiger charge is 2.67. The molecule has 3 atom stereocenters. The van der Waals surface area contributed by atoms with Crippen LogP contribution in [0.3, 0.4) is 0 Å². The van der Waals surface area contributed by atoms with Crippen molar-refractivity contribution >= 4 is 61.4 Å². The summed E-state index contributed by atoms with van der Waals surface area (Å²) in [5.41, 5.74) is 7.76.